The van der Waals surface area contributed by atoms with Gasteiger partial charge in [-0.1, -0.05) is 0 Å². The van der Waals surface area contributed by atoms with Crippen LogP contribution < -0.4 is 15.7 Å². The Hall–Kier alpha value is -2.83. The van der Waals surface area contributed by atoms with Gasteiger partial charge in [0.2, 0.25) is 0 Å². The molecule has 0 spiro atoms. The van der Waals surface area contributed by atoms with E-state index in [2.05, 4.69) is 10.1 Å². The molecule has 0 saturated carbocycles. The smallest absolute Gasteiger partial charge is 0.336 e. The Morgan fingerprint density at radius 3 is 2.58 bits per heavy atom. The number of carbonyl (C=O) groups is 2. The molecular weight excluding hydrogens is 314 g/mol. The topological polar surface area (TPSA) is 94.8 Å². The lowest BCUT2D eigenvalue weighted by Crippen LogP contribution is -2.45. The average molecular weight is 333 g/mol. The number of rotatable bonds is 5. The van der Waals surface area contributed by atoms with Crippen LogP contribution >= 0.6 is 0 Å². The quantitative estimate of drug-likeness (QED) is 0.659. The molecule has 1 aromatic carbocycles. The molecule has 1 heterocycles. The maximum Gasteiger partial charge on any atom is 0.336 e. The van der Waals surface area contributed by atoms with E-state index >= 15 is 0 Å². The highest BCUT2D eigenvalue weighted by molar-refractivity contribution is 5.87. The maximum atomic E-state index is 12.0. The predicted octanol–water partition coefficient (Wildman–Crippen LogP) is 1.55. The second-order valence-electron chi connectivity index (χ2n) is 5.42. The number of fused-ring (bicyclic) bond motifs is 1. The molecule has 0 radical (unpaired) electrons. The van der Waals surface area contributed by atoms with Crippen LogP contribution in [-0.4, -0.2) is 31.1 Å². The summed E-state index contributed by atoms with van der Waals surface area (Å²) in [6.45, 7) is 4.88. The van der Waals surface area contributed by atoms with Crippen LogP contribution in [0.2, 0.25) is 0 Å². The van der Waals surface area contributed by atoms with Crippen molar-refractivity contribution in [2.75, 3.05) is 7.11 Å². The molecule has 1 aromatic heterocycles. The summed E-state index contributed by atoms with van der Waals surface area (Å²) in [5.74, 6) is -0.623. The Labute approximate surface area is 138 Å². The monoisotopic (exact) mass is 333 g/mol. The Morgan fingerprint density at radius 1 is 1.21 bits per heavy atom. The average Bonchev–Trinajstić information content (AvgIpc) is 2.53. The second-order valence-corrected chi connectivity index (χ2v) is 5.42. The SMILES string of the molecule is COC(=O)[C@@H](C)NC(=O)[C@H](C)Oc1ccc2c(C)cc(=O)oc2c1. The number of benzene rings is 1. The molecule has 2 aromatic rings. The van der Waals surface area contributed by atoms with Crippen LogP contribution in [0.3, 0.4) is 0 Å². The lowest BCUT2D eigenvalue weighted by Gasteiger charge is -2.17. The minimum Gasteiger partial charge on any atom is -0.481 e. The van der Waals surface area contributed by atoms with E-state index in [0.29, 0.717) is 11.3 Å². The van der Waals surface area contributed by atoms with Crippen molar-refractivity contribution in [3.8, 4) is 5.75 Å². The van der Waals surface area contributed by atoms with Gasteiger partial charge in [0, 0.05) is 17.5 Å². The number of carbonyl (C=O) groups excluding carboxylic acids is 2. The normalized spacial score (nSPS) is 13.2. The molecule has 0 bridgehead atoms. The van der Waals surface area contributed by atoms with Crippen molar-refractivity contribution in [3.05, 3.63) is 40.2 Å². The second kappa shape index (κ2) is 7.16. The third kappa shape index (κ3) is 3.92. The van der Waals surface area contributed by atoms with Crippen LogP contribution in [0, 0.1) is 6.92 Å². The minimum atomic E-state index is -0.842. The van der Waals surface area contributed by atoms with Gasteiger partial charge < -0.3 is 19.2 Å². The Balaban J connectivity index is 2.12. The van der Waals surface area contributed by atoms with Crippen LogP contribution in [0.5, 0.6) is 5.75 Å². The van der Waals surface area contributed by atoms with Crippen molar-refractivity contribution in [2.24, 2.45) is 0 Å². The molecule has 1 amide bonds. The highest BCUT2D eigenvalue weighted by Crippen LogP contribution is 2.23. The zero-order valence-corrected chi connectivity index (χ0v) is 13.9. The van der Waals surface area contributed by atoms with Gasteiger partial charge in [-0.3, -0.25) is 4.79 Å². The summed E-state index contributed by atoms with van der Waals surface area (Å²) in [7, 11) is 1.25. The molecule has 7 heteroatoms. The molecule has 0 fully saturated rings. The maximum absolute atomic E-state index is 12.0. The van der Waals surface area contributed by atoms with Crippen LogP contribution in [0.4, 0.5) is 0 Å². The van der Waals surface area contributed by atoms with Crippen molar-refractivity contribution in [1.29, 1.82) is 0 Å². The Morgan fingerprint density at radius 2 is 1.92 bits per heavy atom. The largest absolute Gasteiger partial charge is 0.481 e. The highest BCUT2D eigenvalue weighted by atomic mass is 16.5. The van der Waals surface area contributed by atoms with Crippen LogP contribution in [0.25, 0.3) is 11.0 Å². The summed E-state index contributed by atoms with van der Waals surface area (Å²) in [6.07, 6.45) is -0.842. The summed E-state index contributed by atoms with van der Waals surface area (Å²) >= 11 is 0. The number of nitrogens with one attached hydrogen (secondary N) is 1. The summed E-state index contributed by atoms with van der Waals surface area (Å²) in [4.78, 5) is 34.8. The summed E-state index contributed by atoms with van der Waals surface area (Å²) in [5.41, 5.74) is 0.730. The van der Waals surface area contributed by atoms with E-state index in [-0.39, 0.29) is 0 Å². The number of aryl methyl sites for hydroxylation is 1. The van der Waals surface area contributed by atoms with E-state index in [4.69, 9.17) is 9.15 Å². The summed E-state index contributed by atoms with van der Waals surface area (Å²) < 4.78 is 15.2. The van der Waals surface area contributed by atoms with E-state index in [1.807, 2.05) is 6.92 Å². The Bertz CT molecular complexity index is 825. The van der Waals surface area contributed by atoms with Crippen molar-refractivity contribution in [3.63, 3.8) is 0 Å². The van der Waals surface area contributed by atoms with Crippen molar-refractivity contribution in [1.82, 2.24) is 5.32 Å². The standard InChI is InChI=1S/C17H19NO6/c1-9-7-15(19)24-14-8-12(5-6-13(9)14)23-11(3)16(20)18-10(2)17(21)22-4/h5-8,10-11H,1-4H3,(H,18,20)/t10-,11+/m1/s1. The molecule has 1 N–H and O–H groups in total. The lowest BCUT2D eigenvalue weighted by atomic mass is 10.1. The van der Waals surface area contributed by atoms with Gasteiger partial charge in [-0.15, -0.1) is 0 Å². The summed E-state index contributed by atoms with van der Waals surface area (Å²) in [5, 5.41) is 3.28. The first-order valence-corrected chi connectivity index (χ1v) is 7.41. The van der Waals surface area contributed by atoms with Gasteiger partial charge in [-0.25, -0.2) is 9.59 Å². The molecule has 0 aliphatic heterocycles. The molecule has 2 rings (SSSR count). The molecule has 0 unspecified atom stereocenters. The van der Waals surface area contributed by atoms with Gasteiger partial charge >= 0.3 is 11.6 Å². The van der Waals surface area contributed by atoms with E-state index in [1.54, 1.807) is 25.1 Å². The number of esters is 1. The number of hydrogen-bond acceptors (Lipinski definition) is 6. The van der Waals surface area contributed by atoms with Crippen molar-refractivity contribution >= 4 is 22.8 Å². The number of ether oxygens (including phenoxy) is 2. The molecule has 0 aliphatic carbocycles. The fourth-order valence-corrected chi connectivity index (χ4v) is 2.20. The van der Waals surface area contributed by atoms with Crippen molar-refractivity contribution in [2.45, 2.75) is 32.9 Å². The molecule has 2 atom stereocenters. The fourth-order valence-electron chi connectivity index (χ4n) is 2.20. The molecule has 0 saturated heterocycles. The minimum absolute atomic E-state index is 0.379. The number of methoxy groups -OCH3 is 1. The fraction of sp³-hybridized carbons (Fsp3) is 0.353. The van der Waals surface area contributed by atoms with Gasteiger partial charge in [-0.05, 0) is 38.5 Å². The molecule has 7 nitrogen and oxygen atoms in total. The van der Waals surface area contributed by atoms with E-state index in [1.165, 1.54) is 20.1 Å². The third-order valence-corrected chi connectivity index (χ3v) is 3.52. The zero-order chi connectivity index (χ0) is 17.9. The van der Waals surface area contributed by atoms with Gasteiger partial charge in [-0.2, -0.15) is 0 Å². The van der Waals surface area contributed by atoms with Crippen LogP contribution in [-0.2, 0) is 14.3 Å². The summed E-state index contributed by atoms with van der Waals surface area (Å²) in [6, 6.07) is 5.63. The van der Waals surface area contributed by atoms with E-state index < -0.39 is 29.6 Å². The van der Waals surface area contributed by atoms with Crippen LogP contribution in [0.15, 0.2) is 33.5 Å². The van der Waals surface area contributed by atoms with Gasteiger partial charge in [0.05, 0.1) is 7.11 Å². The Kier molecular flexibility index (Phi) is 5.23. The van der Waals surface area contributed by atoms with Gasteiger partial charge in [0.15, 0.2) is 6.10 Å². The first kappa shape index (κ1) is 17.5. The first-order chi connectivity index (χ1) is 11.3. The number of hydrogen-bond donors (Lipinski definition) is 1. The van der Waals surface area contributed by atoms with Gasteiger partial charge in [0.1, 0.15) is 17.4 Å². The molecular formula is C17H19NO6. The highest BCUT2D eigenvalue weighted by Gasteiger charge is 2.21. The predicted molar refractivity (Wildman–Crippen MR) is 86.9 cm³/mol. The number of amides is 1. The zero-order valence-electron chi connectivity index (χ0n) is 13.9. The third-order valence-electron chi connectivity index (χ3n) is 3.52. The molecule has 24 heavy (non-hydrogen) atoms. The van der Waals surface area contributed by atoms with Crippen molar-refractivity contribution < 1.29 is 23.5 Å². The van der Waals surface area contributed by atoms with Gasteiger partial charge in [0.25, 0.3) is 5.91 Å². The first-order valence-electron chi connectivity index (χ1n) is 7.41. The molecule has 128 valence electrons. The van der Waals surface area contributed by atoms with E-state index in [9.17, 15) is 14.4 Å². The lowest BCUT2D eigenvalue weighted by molar-refractivity contribution is -0.145. The van der Waals surface area contributed by atoms with Crippen LogP contribution in [0.1, 0.15) is 19.4 Å². The van der Waals surface area contributed by atoms with E-state index in [0.717, 1.165) is 10.9 Å². The molecule has 0 aliphatic rings.